The van der Waals surface area contributed by atoms with E-state index in [1.807, 2.05) is 17.9 Å². The molecule has 2 N–H and O–H groups in total. The van der Waals surface area contributed by atoms with E-state index in [-0.39, 0.29) is 6.03 Å². The number of amides is 2. The fraction of sp³-hybridized carbons (Fsp3) is 0.538. The Morgan fingerprint density at radius 3 is 2.67 bits per heavy atom. The van der Waals surface area contributed by atoms with Crippen molar-refractivity contribution in [1.29, 1.82) is 0 Å². The van der Waals surface area contributed by atoms with Gasteiger partial charge in [0.05, 0.1) is 25.5 Å². The minimum atomic E-state index is 0.0117. The largest absolute Gasteiger partial charge is 0.378 e. The van der Waals surface area contributed by atoms with E-state index in [2.05, 4.69) is 44.8 Å². The van der Waals surface area contributed by atoms with Crippen LogP contribution in [0.3, 0.4) is 0 Å². The van der Waals surface area contributed by atoms with Gasteiger partial charge in [0, 0.05) is 57.4 Å². The fourth-order valence-corrected chi connectivity index (χ4v) is 4.98. The van der Waals surface area contributed by atoms with Gasteiger partial charge in [-0.05, 0) is 31.7 Å². The zero-order chi connectivity index (χ0) is 24.7. The zero-order valence-electron chi connectivity index (χ0n) is 21.1. The highest BCUT2D eigenvalue weighted by atomic mass is 16.5. The maximum absolute atomic E-state index is 12.1. The van der Waals surface area contributed by atoms with Gasteiger partial charge in [-0.1, -0.05) is 24.3 Å². The van der Waals surface area contributed by atoms with Crippen LogP contribution in [0.1, 0.15) is 36.7 Å². The monoisotopic (exact) mass is 492 g/mol. The molecule has 1 aliphatic carbocycles. The average molecular weight is 493 g/mol. The first-order valence-corrected chi connectivity index (χ1v) is 13.1. The Bertz CT molecular complexity index is 1080. The van der Waals surface area contributed by atoms with Crippen LogP contribution in [0.4, 0.5) is 16.4 Å². The van der Waals surface area contributed by atoms with Crippen LogP contribution in [0, 0.1) is 0 Å². The highest BCUT2D eigenvalue weighted by Crippen LogP contribution is 2.23. The second-order valence-corrected chi connectivity index (χ2v) is 9.41. The zero-order valence-corrected chi connectivity index (χ0v) is 21.1. The van der Waals surface area contributed by atoms with Crippen LogP contribution in [-0.4, -0.2) is 90.5 Å². The standard InChI is InChI=1S/C26H36N8O2/c1-2-27-26(35)34-12-10-32(11-13-34)19-24-28-23(18-25(29-24)33-14-16-36-17-15-33)31-30-22-9-5-7-20-6-3-4-8-21(20)22/h3-4,6,8,18H,2,5,7,9-17,19H2,1H3,(H,27,35)(H,28,29,31)/b30-22-. The number of hydrogen-bond acceptors (Lipinski definition) is 8. The van der Waals surface area contributed by atoms with Gasteiger partial charge >= 0.3 is 6.03 Å². The maximum Gasteiger partial charge on any atom is 0.317 e. The van der Waals surface area contributed by atoms with E-state index in [4.69, 9.17) is 19.8 Å². The van der Waals surface area contributed by atoms with Crippen molar-refractivity contribution in [2.24, 2.45) is 5.10 Å². The van der Waals surface area contributed by atoms with Crippen molar-refractivity contribution < 1.29 is 9.53 Å². The lowest BCUT2D eigenvalue weighted by molar-refractivity contribution is 0.122. The number of piperazine rings is 1. The van der Waals surface area contributed by atoms with Crippen LogP contribution < -0.4 is 15.6 Å². The van der Waals surface area contributed by atoms with Crippen molar-refractivity contribution in [2.75, 3.05) is 69.4 Å². The summed E-state index contributed by atoms with van der Waals surface area (Å²) >= 11 is 0. The molecule has 1 aromatic heterocycles. The van der Waals surface area contributed by atoms with Crippen LogP contribution in [0.15, 0.2) is 35.4 Å². The van der Waals surface area contributed by atoms with Crippen LogP contribution >= 0.6 is 0 Å². The van der Waals surface area contributed by atoms with E-state index in [1.165, 1.54) is 11.1 Å². The highest BCUT2D eigenvalue weighted by Gasteiger charge is 2.22. The number of anilines is 2. The average Bonchev–Trinajstić information content (AvgIpc) is 2.93. The Hall–Kier alpha value is -3.24. The van der Waals surface area contributed by atoms with E-state index in [0.29, 0.717) is 45.2 Å². The summed E-state index contributed by atoms with van der Waals surface area (Å²) < 4.78 is 5.54. The number of rotatable bonds is 6. The molecule has 2 amide bonds. The molecular formula is C26H36N8O2. The Labute approximate surface area is 212 Å². The summed E-state index contributed by atoms with van der Waals surface area (Å²) in [5, 5.41) is 7.67. The van der Waals surface area contributed by atoms with Gasteiger partial charge in [0.1, 0.15) is 11.6 Å². The summed E-state index contributed by atoms with van der Waals surface area (Å²) in [4.78, 5) is 28.3. The number of aryl methyl sites for hydroxylation is 1. The van der Waals surface area contributed by atoms with Gasteiger partial charge in [0.15, 0.2) is 5.82 Å². The molecule has 10 heteroatoms. The number of carbonyl (C=O) groups excluding carboxylic acids is 1. The lowest BCUT2D eigenvalue weighted by Gasteiger charge is -2.34. The van der Waals surface area contributed by atoms with Crippen LogP contribution in [0.25, 0.3) is 0 Å². The summed E-state index contributed by atoms with van der Waals surface area (Å²) in [5.74, 6) is 2.37. The Balaban J connectivity index is 1.32. The van der Waals surface area contributed by atoms with E-state index in [0.717, 1.165) is 62.8 Å². The van der Waals surface area contributed by atoms with Gasteiger partial charge in [-0.25, -0.2) is 14.8 Å². The van der Waals surface area contributed by atoms with Gasteiger partial charge in [0.2, 0.25) is 0 Å². The molecule has 0 unspecified atom stereocenters. The maximum atomic E-state index is 12.1. The van der Waals surface area contributed by atoms with Crippen molar-refractivity contribution >= 4 is 23.4 Å². The number of carbonyl (C=O) groups is 1. The number of benzene rings is 1. The van der Waals surface area contributed by atoms with Crippen molar-refractivity contribution in [3.63, 3.8) is 0 Å². The topological polar surface area (TPSA) is 98.2 Å². The van der Waals surface area contributed by atoms with Crippen molar-refractivity contribution in [1.82, 2.24) is 25.1 Å². The van der Waals surface area contributed by atoms with Crippen molar-refractivity contribution in [3.05, 3.63) is 47.3 Å². The number of morpholine rings is 1. The summed E-state index contributed by atoms with van der Waals surface area (Å²) in [6, 6.07) is 10.5. The first-order valence-electron chi connectivity index (χ1n) is 13.1. The number of hydrogen-bond donors (Lipinski definition) is 2. The summed E-state index contributed by atoms with van der Waals surface area (Å²) in [5.41, 5.74) is 6.90. The van der Waals surface area contributed by atoms with Gasteiger partial charge in [-0.15, -0.1) is 0 Å². The predicted molar refractivity (Wildman–Crippen MR) is 141 cm³/mol. The molecule has 5 rings (SSSR count). The van der Waals surface area contributed by atoms with Gasteiger partial charge < -0.3 is 19.9 Å². The Kier molecular flexibility index (Phi) is 7.92. The first kappa shape index (κ1) is 24.5. The number of nitrogens with one attached hydrogen (secondary N) is 2. The summed E-state index contributed by atoms with van der Waals surface area (Å²) in [7, 11) is 0. The quantitative estimate of drug-likeness (QED) is 0.597. The lowest BCUT2D eigenvalue weighted by atomic mass is 9.90. The molecule has 192 valence electrons. The third-order valence-corrected chi connectivity index (χ3v) is 6.94. The summed E-state index contributed by atoms with van der Waals surface area (Å²) in [6.45, 7) is 9.23. The lowest BCUT2D eigenvalue weighted by Crippen LogP contribution is -2.51. The van der Waals surface area contributed by atoms with Gasteiger partial charge in [0.25, 0.3) is 0 Å². The first-order chi connectivity index (χ1) is 17.7. The van der Waals surface area contributed by atoms with Gasteiger partial charge in [-0.2, -0.15) is 5.10 Å². The molecule has 10 nitrogen and oxygen atoms in total. The normalized spacial score (nSPS) is 19.8. The molecule has 2 fully saturated rings. The Morgan fingerprint density at radius 1 is 1.06 bits per heavy atom. The number of nitrogens with zero attached hydrogens (tertiary/aromatic N) is 6. The minimum Gasteiger partial charge on any atom is -0.378 e. The number of urea groups is 1. The second kappa shape index (κ2) is 11.7. The van der Waals surface area contributed by atoms with E-state index >= 15 is 0 Å². The molecule has 0 saturated carbocycles. The SMILES string of the molecule is CCNC(=O)N1CCN(Cc2nc(N/N=C3/CCCc4ccccc43)cc(N3CCOCC3)n2)CC1. The third kappa shape index (κ3) is 5.93. The van der Waals surface area contributed by atoms with E-state index in [1.54, 1.807) is 0 Å². The molecule has 36 heavy (non-hydrogen) atoms. The van der Waals surface area contributed by atoms with Crippen LogP contribution in [0.5, 0.6) is 0 Å². The minimum absolute atomic E-state index is 0.0117. The van der Waals surface area contributed by atoms with E-state index < -0.39 is 0 Å². The Morgan fingerprint density at radius 2 is 1.86 bits per heavy atom. The molecule has 0 radical (unpaired) electrons. The third-order valence-electron chi connectivity index (χ3n) is 6.94. The summed E-state index contributed by atoms with van der Waals surface area (Å²) in [6.07, 6.45) is 3.16. The number of ether oxygens (including phenoxy) is 1. The fourth-order valence-electron chi connectivity index (χ4n) is 4.98. The molecule has 1 aromatic carbocycles. The number of hydrazone groups is 1. The molecule has 0 bridgehead atoms. The molecule has 3 heterocycles. The second-order valence-electron chi connectivity index (χ2n) is 9.41. The van der Waals surface area contributed by atoms with E-state index in [9.17, 15) is 4.79 Å². The number of fused-ring (bicyclic) bond motifs is 1. The van der Waals surface area contributed by atoms with Crippen molar-refractivity contribution in [2.45, 2.75) is 32.7 Å². The highest BCUT2D eigenvalue weighted by molar-refractivity contribution is 6.03. The number of aromatic nitrogens is 2. The molecule has 0 atom stereocenters. The van der Waals surface area contributed by atoms with Crippen LogP contribution in [0.2, 0.25) is 0 Å². The smallest absolute Gasteiger partial charge is 0.317 e. The van der Waals surface area contributed by atoms with Gasteiger partial charge in [-0.3, -0.25) is 10.3 Å². The molecule has 2 aliphatic heterocycles. The molecule has 2 aromatic rings. The van der Waals surface area contributed by atoms with Crippen molar-refractivity contribution in [3.8, 4) is 0 Å². The van der Waals surface area contributed by atoms with Crippen LogP contribution in [-0.2, 0) is 17.7 Å². The molecular weight excluding hydrogens is 456 g/mol. The molecule has 3 aliphatic rings. The predicted octanol–water partition coefficient (Wildman–Crippen LogP) is 2.31. The molecule has 2 saturated heterocycles. The molecule has 0 spiro atoms.